The lowest BCUT2D eigenvalue weighted by molar-refractivity contribution is 0.252. The van der Waals surface area contributed by atoms with Crippen LogP contribution in [-0.4, -0.2) is 42.7 Å². The molecule has 174 valence electrons. The van der Waals surface area contributed by atoms with Gasteiger partial charge in [0.1, 0.15) is 5.82 Å². The molecule has 5 rings (SSSR count). The second kappa shape index (κ2) is 8.49. The molecule has 0 fully saturated rings. The fourth-order valence-electron chi connectivity index (χ4n) is 3.43. The van der Waals surface area contributed by atoms with Crippen LogP contribution in [0.15, 0.2) is 35.0 Å². The molecule has 0 radical (unpaired) electrons. The number of imidazole rings is 1. The molecule has 10 nitrogen and oxygen atoms in total. The summed E-state index contributed by atoms with van der Waals surface area (Å²) in [4.78, 5) is 33.2. The summed E-state index contributed by atoms with van der Waals surface area (Å²) >= 11 is 1.41. The number of carbonyl (C=O) groups is 1. The van der Waals surface area contributed by atoms with Crippen molar-refractivity contribution < 1.29 is 9.32 Å². The monoisotopic (exact) mass is 476 g/mol. The normalized spacial score (nSPS) is 11.9. The number of anilines is 1. The standard InChI is InChI=1S/C23H24N8O2S/c1-12-26-16-9-14(11-25-19(16)27-12)13-5-6-15-17(10-13)34-22(28-15)30-21(32)24-8-7-18-29-20(33-31-18)23(2,3)4/h5-6,9-11H,7-8H2,1-4H3,(H,25,26,27)(H2,24,28,30,32). The van der Waals surface area contributed by atoms with Gasteiger partial charge in [0.15, 0.2) is 16.6 Å². The Kier molecular flexibility index (Phi) is 5.48. The largest absolute Gasteiger partial charge is 0.341 e. The van der Waals surface area contributed by atoms with Crippen LogP contribution in [-0.2, 0) is 11.8 Å². The van der Waals surface area contributed by atoms with Crippen LogP contribution < -0.4 is 10.6 Å². The molecule has 0 saturated heterocycles. The first-order valence-corrected chi connectivity index (χ1v) is 11.7. The zero-order chi connectivity index (χ0) is 23.9. The van der Waals surface area contributed by atoms with E-state index in [1.807, 2.05) is 58.2 Å². The number of urea groups is 1. The summed E-state index contributed by atoms with van der Waals surface area (Å²) in [5.74, 6) is 1.98. The lowest BCUT2D eigenvalue weighted by atomic mass is 9.97. The van der Waals surface area contributed by atoms with E-state index in [9.17, 15) is 4.79 Å². The van der Waals surface area contributed by atoms with E-state index in [-0.39, 0.29) is 11.4 Å². The van der Waals surface area contributed by atoms with E-state index >= 15 is 0 Å². The molecule has 34 heavy (non-hydrogen) atoms. The minimum absolute atomic E-state index is 0.204. The minimum Gasteiger partial charge on any atom is -0.341 e. The molecule has 0 bridgehead atoms. The van der Waals surface area contributed by atoms with Gasteiger partial charge in [-0.1, -0.05) is 43.3 Å². The fraction of sp³-hybridized carbons (Fsp3) is 0.304. The van der Waals surface area contributed by atoms with Crippen LogP contribution in [0.2, 0.25) is 0 Å². The zero-order valence-electron chi connectivity index (χ0n) is 19.3. The Labute approximate surface area is 199 Å². The van der Waals surface area contributed by atoms with Gasteiger partial charge in [0.05, 0.1) is 15.7 Å². The number of nitrogens with zero attached hydrogens (tertiary/aromatic N) is 5. The van der Waals surface area contributed by atoms with Crippen molar-refractivity contribution in [1.82, 2.24) is 35.4 Å². The summed E-state index contributed by atoms with van der Waals surface area (Å²) in [6, 6.07) is 7.68. The summed E-state index contributed by atoms with van der Waals surface area (Å²) in [6.45, 7) is 8.31. The molecule has 4 aromatic heterocycles. The molecule has 0 unspecified atom stereocenters. The number of hydrogen-bond donors (Lipinski definition) is 3. The maximum absolute atomic E-state index is 12.3. The van der Waals surface area contributed by atoms with E-state index in [2.05, 4.69) is 40.7 Å². The number of hydrogen-bond acceptors (Lipinski definition) is 8. The number of aromatic amines is 1. The number of nitrogens with one attached hydrogen (secondary N) is 3. The first kappa shape index (κ1) is 22.0. The Morgan fingerprint density at radius 1 is 1.15 bits per heavy atom. The van der Waals surface area contributed by atoms with E-state index in [0.717, 1.165) is 32.7 Å². The predicted octanol–water partition coefficient (Wildman–Crippen LogP) is 4.59. The molecule has 0 aliphatic heterocycles. The van der Waals surface area contributed by atoms with Crippen LogP contribution in [0.5, 0.6) is 0 Å². The molecule has 0 atom stereocenters. The summed E-state index contributed by atoms with van der Waals surface area (Å²) in [5, 5.41) is 10.1. The Hall–Kier alpha value is -3.86. The van der Waals surface area contributed by atoms with Gasteiger partial charge in [-0.2, -0.15) is 4.98 Å². The average Bonchev–Trinajstić information content (AvgIpc) is 3.49. The number of benzene rings is 1. The van der Waals surface area contributed by atoms with Gasteiger partial charge in [-0.25, -0.2) is 19.7 Å². The highest BCUT2D eigenvalue weighted by Gasteiger charge is 2.21. The molecule has 1 aromatic carbocycles. The Morgan fingerprint density at radius 2 is 2.00 bits per heavy atom. The van der Waals surface area contributed by atoms with Crippen LogP contribution in [0.1, 0.15) is 38.3 Å². The number of aryl methyl sites for hydroxylation is 1. The summed E-state index contributed by atoms with van der Waals surface area (Å²) in [7, 11) is 0. The van der Waals surface area contributed by atoms with Crippen molar-refractivity contribution in [2.75, 3.05) is 11.9 Å². The van der Waals surface area contributed by atoms with Crippen LogP contribution >= 0.6 is 11.3 Å². The second-order valence-electron chi connectivity index (χ2n) is 9.02. The van der Waals surface area contributed by atoms with Crippen molar-refractivity contribution >= 4 is 43.9 Å². The lowest BCUT2D eigenvalue weighted by Crippen LogP contribution is -2.30. The Bertz CT molecular complexity index is 1490. The van der Waals surface area contributed by atoms with Crippen molar-refractivity contribution in [3.8, 4) is 11.1 Å². The van der Waals surface area contributed by atoms with E-state index in [1.165, 1.54) is 11.3 Å². The Morgan fingerprint density at radius 3 is 2.79 bits per heavy atom. The maximum Gasteiger partial charge on any atom is 0.321 e. The summed E-state index contributed by atoms with van der Waals surface area (Å²) < 4.78 is 6.24. The molecule has 0 spiro atoms. The number of fused-ring (bicyclic) bond motifs is 2. The third kappa shape index (κ3) is 4.60. The molecule has 4 heterocycles. The molecule has 0 aliphatic carbocycles. The molecular formula is C23H24N8O2S. The van der Waals surface area contributed by atoms with Gasteiger partial charge in [-0.05, 0) is 30.7 Å². The van der Waals surface area contributed by atoms with Crippen LogP contribution in [0.25, 0.3) is 32.5 Å². The number of carbonyl (C=O) groups excluding carboxylic acids is 1. The molecule has 11 heteroatoms. The lowest BCUT2D eigenvalue weighted by Gasteiger charge is -2.10. The van der Waals surface area contributed by atoms with Crippen molar-refractivity contribution in [2.24, 2.45) is 0 Å². The van der Waals surface area contributed by atoms with E-state index in [0.29, 0.717) is 35.5 Å². The number of H-pyrrole nitrogens is 1. The van der Waals surface area contributed by atoms with Crippen molar-refractivity contribution in [3.63, 3.8) is 0 Å². The van der Waals surface area contributed by atoms with Crippen molar-refractivity contribution in [3.05, 3.63) is 48.0 Å². The first-order chi connectivity index (χ1) is 16.2. The highest BCUT2D eigenvalue weighted by atomic mass is 32.1. The SMILES string of the molecule is Cc1nc2ncc(-c3ccc4nc(NC(=O)NCCc5noc(C(C)(C)C)n5)sc4c3)cc2[nH]1. The zero-order valence-corrected chi connectivity index (χ0v) is 20.1. The molecule has 5 aromatic rings. The molecular weight excluding hydrogens is 452 g/mol. The average molecular weight is 477 g/mol. The summed E-state index contributed by atoms with van der Waals surface area (Å²) in [6.07, 6.45) is 2.29. The third-order valence-corrected chi connectivity index (χ3v) is 6.08. The van der Waals surface area contributed by atoms with Gasteiger partial charge in [-0.15, -0.1) is 0 Å². The van der Waals surface area contributed by atoms with Crippen molar-refractivity contribution in [1.29, 1.82) is 0 Å². The van der Waals surface area contributed by atoms with Gasteiger partial charge in [0.2, 0.25) is 5.89 Å². The predicted molar refractivity (Wildman–Crippen MR) is 131 cm³/mol. The van der Waals surface area contributed by atoms with Crippen LogP contribution in [0, 0.1) is 6.92 Å². The van der Waals surface area contributed by atoms with Gasteiger partial charge in [0, 0.05) is 30.1 Å². The fourth-order valence-corrected chi connectivity index (χ4v) is 4.33. The number of thiazole rings is 1. The number of amides is 2. The topological polar surface area (TPSA) is 135 Å². The molecule has 2 amide bonds. The highest BCUT2D eigenvalue weighted by Crippen LogP contribution is 2.31. The molecule has 0 aliphatic rings. The number of rotatable bonds is 5. The number of aromatic nitrogens is 6. The minimum atomic E-state index is -0.330. The van der Waals surface area contributed by atoms with E-state index in [4.69, 9.17) is 4.52 Å². The van der Waals surface area contributed by atoms with Gasteiger partial charge in [0.25, 0.3) is 0 Å². The van der Waals surface area contributed by atoms with Crippen molar-refractivity contribution in [2.45, 2.75) is 39.5 Å². The molecule has 3 N–H and O–H groups in total. The molecule has 0 saturated carbocycles. The van der Waals surface area contributed by atoms with Gasteiger partial charge in [-0.3, -0.25) is 5.32 Å². The third-order valence-electron chi connectivity index (χ3n) is 5.14. The maximum atomic E-state index is 12.3. The number of pyridine rings is 1. The van der Waals surface area contributed by atoms with Gasteiger partial charge < -0.3 is 14.8 Å². The van der Waals surface area contributed by atoms with Crippen LogP contribution in [0.4, 0.5) is 9.93 Å². The van der Waals surface area contributed by atoms with E-state index < -0.39 is 0 Å². The van der Waals surface area contributed by atoms with Gasteiger partial charge >= 0.3 is 6.03 Å². The Balaban J connectivity index is 1.22. The van der Waals surface area contributed by atoms with E-state index in [1.54, 1.807) is 0 Å². The quantitative estimate of drug-likeness (QED) is 0.338. The highest BCUT2D eigenvalue weighted by molar-refractivity contribution is 7.22. The first-order valence-electron chi connectivity index (χ1n) is 10.9. The van der Waals surface area contributed by atoms with Crippen LogP contribution in [0.3, 0.4) is 0 Å². The second-order valence-corrected chi connectivity index (χ2v) is 10.0. The smallest absolute Gasteiger partial charge is 0.321 e. The summed E-state index contributed by atoms with van der Waals surface area (Å²) in [5.41, 5.74) is 4.21.